The molecule has 0 aromatic heterocycles. The maximum Gasteiger partial charge on any atom is -0.0809 e. The minimum absolute atomic E-state index is 1.03. The fourth-order valence-electron chi connectivity index (χ4n) is 3.29. The number of benzene rings is 4. The monoisotopic (exact) mass is 546 g/mol. The van der Waals surface area contributed by atoms with Crippen LogP contribution in [0.3, 0.4) is 0 Å². The molecule has 0 heterocycles. The Bertz CT molecular complexity index is 1170. The van der Waals surface area contributed by atoms with Gasteiger partial charge in [0, 0.05) is 0 Å². The van der Waals surface area contributed by atoms with Crippen LogP contribution in [0.25, 0.3) is 32.2 Å². The Morgan fingerprint density at radius 3 is 1.11 bits per heavy atom. The van der Waals surface area contributed by atoms with Gasteiger partial charge in [0.2, 0.25) is 0 Å². The van der Waals surface area contributed by atoms with Crippen LogP contribution in [0.2, 0.25) is 0 Å². The molecule has 0 fully saturated rings. The van der Waals surface area contributed by atoms with E-state index in [9.17, 15) is 0 Å². The van der Waals surface area contributed by atoms with Crippen LogP contribution in [0.15, 0.2) is 146 Å². The second-order valence-corrected chi connectivity index (χ2v) is 7.43. The zero-order valence-corrected chi connectivity index (χ0v) is 23.4. The number of hydrogen-bond donors (Lipinski definition) is 0. The van der Waals surface area contributed by atoms with E-state index in [1.165, 1.54) is 45.8 Å². The molecule has 0 saturated carbocycles. The second kappa shape index (κ2) is 17.8. The fraction of sp³-hybridized carbons (Fsp3) is 0.0606. The maximum absolute atomic E-state index is 3.97. The number of hydrogen-bond acceptors (Lipinski definition) is 0. The summed E-state index contributed by atoms with van der Waals surface area (Å²) in [5, 5.41) is 13.3. The van der Waals surface area contributed by atoms with Crippen LogP contribution in [-0.4, -0.2) is 18.3 Å². The Labute approximate surface area is 230 Å². The molecular formula is C33H32N2Zr-4. The van der Waals surface area contributed by atoms with Crippen molar-refractivity contribution in [1.82, 2.24) is 0 Å². The number of para-hydroxylation sites is 2. The molecule has 0 saturated heterocycles. The van der Waals surface area contributed by atoms with Crippen LogP contribution >= 0.6 is 0 Å². The molecule has 0 bridgehead atoms. The van der Waals surface area contributed by atoms with E-state index < -0.39 is 0 Å². The van der Waals surface area contributed by atoms with Crippen molar-refractivity contribution in [3.8, 4) is 0 Å². The van der Waals surface area contributed by atoms with E-state index in [4.69, 9.17) is 0 Å². The molecule has 0 unspecified atom stereocenters. The van der Waals surface area contributed by atoms with E-state index in [1.54, 1.807) is 14.1 Å². The molecule has 182 valence electrons. The van der Waals surface area contributed by atoms with Crippen molar-refractivity contribution < 1.29 is 24.2 Å². The topological polar surface area (TPSA) is 28.2 Å². The summed E-state index contributed by atoms with van der Waals surface area (Å²) >= 11 is 1.30. The third-order valence-electron chi connectivity index (χ3n) is 5.12. The van der Waals surface area contributed by atoms with Gasteiger partial charge >= 0.3 is 28.4 Å². The summed E-state index contributed by atoms with van der Waals surface area (Å²) in [4.78, 5) is 0. The van der Waals surface area contributed by atoms with E-state index in [2.05, 4.69) is 99.8 Å². The fourth-order valence-corrected chi connectivity index (χ4v) is 3.29. The van der Waals surface area contributed by atoms with Gasteiger partial charge in [-0.1, -0.05) is 72.8 Å². The van der Waals surface area contributed by atoms with Gasteiger partial charge in [-0.25, -0.2) is 0 Å². The summed E-state index contributed by atoms with van der Waals surface area (Å²) in [6, 6.07) is 49.1. The van der Waals surface area contributed by atoms with Crippen molar-refractivity contribution in [1.29, 1.82) is 0 Å². The first-order valence-corrected chi connectivity index (χ1v) is 13.4. The quantitative estimate of drug-likeness (QED) is 0.193. The van der Waals surface area contributed by atoms with Gasteiger partial charge in [-0.15, -0.1) is 84.8 Å². The number of nitrogens with zero attached hydrogens (tertiary/aromatic N) is 2. The summed E-state index contributed by atoms with van der Waals surface area (Å²) in [5.74, 6) is 0. The molecule has 0 aliphatic rings. The maximum atomic E-state index is 3.97. The van der Waals surface area contributed by atoms with Crippen LogP contribution < -0.4 is 0 Å². The van der Waals surface area contributed by atoms with Crippen LogP contribution in [0.1, 0.15) is 0 Å². The summed E-state index contributed by atoms with van der Waals surface area (Å²) < 4.78 is 3.34. The molecule has 2 nitrogen and oxygen atoms in total. The normalized spacial score (nSPS) is 9.03. The first kappa shape index (κ1) is 28.7. The van der Waals surface area contributed by atoms with Crippen molar-refractivity contribution in [2.75, 3.05) is 14.1 Å². The molecule has 0 atom stereocenters. The average Bonchev–Trinajstić information content (AvgIpc) is 3.66. The molecule has 3 heteroatoms. The molecule has 0 aliphatic carbocycles. The molecule has 6 aromatic rings. The minimum atomic E-state index is 1.03. The van der Waals surface area contributed by atoms with Crippen LogP contribution in [-0.2, 0) is 24.2 Å². The van der Waals surface area contributed by atoms with Crippen molar-refractivity contribution in [2.24, 2.45) is 0 Å². The van der Waals surface area contributed by atoms with Gasteiger partial charge in [-0.05, 0) is 0 Å². The van der Waals surface area contributed by atoms with Crippen molar-refractivity contribution in [2.45, 2.75) is 0 Å². The van der Waals surface area contributed by atoms with Crippen LogP contribution in [0.4, 0.5) is 11.4 Å². The van der Waals surface area contributed by atoms with E-state index >= 15 is 0 Å². The standard InChI is InChI=1S/2C9H7.2C7H8N.CH2.Zr/c2*1-2-5-9-7-3-6-8(9)4-1;2*1-8-7-5-3-2-4-6-7;;/h2*1-7H;2*2-6H,1H3;1H2;/q4*-1;;. The zero-order chi connectivity index (χ0) is 25.8. The third kappa shape index (κ3) is 10.4. The van der Waals surface area contributed by atoms with E-state index in [1.807, 2.05) is 60.7 Å². The Kier molecular flexibility index (Phi) is 14.2. The van der Waals surface area contributed by atoms with E-state index in [0.29, 0.717) is 0 Å². The first-order chi connectivity index (χ1) is 17.8. The predicted octanol–water partition coefficient (Wildman–Crippen LogP) is 9.73. The van der Waals surface area contributed by atoms with Gasteiger partial charge in [0.15, 0.2) is 0 Å². The van der Waals surface area contributed by atoms with Gasteiger partial charge in [0.25, 0.3) is 0 Å². The van der Waals surface area contributed by atoms with E-state index in [-0.39, 0.29) is 0 Å². The molecule has 0 spiro atoms. The Balaban J connectivity index is 0.000000165. The molecule has 6 aromatic carbocycles. The average molecular weight is 548 g/mol. The summed E-state index contributed by atoms with van der Waals surface area (Å²) in [5.41, 5.74) is 2.07. The predicted molar refractivity (Wildman–Crippen MR) is 157 cm³/mol. The van der Waals surface area contributed by atoms with Crippen LogP contribution in [0, 0.1) is 0 Å². The smallest absolute Gasteiger partial charge is 0.0809 e. The molecule has 0 aliphatic heterocycles. The van der Waals surface area contributed by atoms with E-state index in [0.717, 1.165) is 11.4 Å². The first-order valence-electron chi connectivity index (χ1n) is 11.7. The van der Waals surface area contributed by atoms with Crippen LogP contribution in [0.5, 0.6) is 0 Å². The SMILES string of the molecule is C[N-]c1ccccc1.C[N-]c1ccccc1.[CH2]=[Zr].c1ccc2[cH-]ccc2c1.c1ccc2[cH-]ccc2c1. The molecule has 36 heavy (non-hydrogen) atoms. The van der Waals surface area contributed by atoms with Gasteiger partial charge in [0.05, 0.1) is 0 Å². The molecular weight excluding hydrogens is 516 g/mol. The minimum Gasteiger partial charge on any atom is -0.168 e. The van der Waals surface area contributed by atoms with Gasteiger partial charge in [-0.3, -0.25) is 0 Å². The molecule has 0 amide bonds. The Morgan fingerprint density at radius 1 is 0.472 bits per heavy atom. The molecule has 0 radical (unpaired) electrons. The van der Waals surface area contributed by atoms with Gasteiger partial charge in [0.1, 0.15) is 0 Å². The summed E-state index contributed by atoms with van der Waals surface area (Å²) in [7, 11) is 3.57. The second-order valence-electron chi connectivity index (χ2n) is 7.43. The van der Waals surface area contributed by atoms with Crippen molar-refractivity contribution in [3.05, 3.63) is 156 Å². The molecule has 6 rings (SSSR count). The largest absolute Gasteiger partial charge is 0.168 e. The Hall–Kier alpha value is -3.55. The Morgan fingerprint density at radius 2 is 0.806 bits per heavy atom. The van der Waals surface area contributed by atoms with Gasteiger partial charge < -0.3 is 10.6 Å². The third-order valence-corrected chi connectivity index (χ3v) is 5.12. The number of fused-ring (bicyclic) bond motifs is 2. The van der Waals surface area contributed by atoms with Gasteiger partial charge in [-0.2, -0.15) is 35.0 Å². The van der Waals surface area contributed by atoms with Crippen molar-refractivity contribution in [3.63, 3.8) is 0 Å². The molecule has 0 N–H and O–H groups in total. The summed E-state index contributed by atoms with van der Waals surface area (Å²) in [6.07, 6.45) is 0. The summed E-state index contributed by atoms with van der Waals surface area (Å²) in [6.45, 7) is 0. The van der Waals surface area contributed by atoms with Crippen molar-refractivity contribution >= 4 is 37.1 Å². The number of rotatable bonds is 2. The zero-order valence-electron chi connectivity index (χ0n) is 21.0.